The lowest BCUT2D eigenvalue weighted by Gasteiger charge is -2.34. The fraction of sp³-hybridized carbons (Fsp3) is 0.579. The topological polar surface area (TPSA) is 98.8 Å². The zero-order valence-corrected chi connectivity index (χ0v) is 17.8. The minimum atomic E-state index is -3.54. The van der Waals surface area contributed by atoms with Crippen LogP contribution in [0.4, 0.5) is 0 Å². The molecule has 1 aromatic carbocycles. The van der Waals surface area contributed by atoms with Gasteiger partial charge in [0.25, 0.3) is 0 Å². The first-order valence-corrected chi connectivity index (χ1v) is 11.0. The highest BCUT2D eigenvalue weighted by Crippen LogP contribution is 2.22. The third-order valence-electron chi connectivity index (χ3n) is 4.77. The Labute approximate surface area is 167 Å². The van der Waals surface area contributed by atoms with Crippen LogP contribution in [0.25, 0.3) is 0 Å². The first-order valence-electron chi connectivity index (χ1n) is 9.52. The molecule has 1 aliphatic heterocycles. The summed E-state index contributed by atoms with van der Waals surface area (Å²) in [5.41, 5.74) is 1.76. The number of nitrogens with one attached hydrogen (secondary N) is 2. The van der Waals surface area contributed by atoms with Crippen molar-refractivity contribution in [3.63, 3.8) is 0 Å². The Hall–Kier alpha value is -1.97. The molecule has 0 radical (unpaired) electrons. The standard InChI is InChI=1S/C19H30N4O4S/c1-5-20-19(25)16(4)21-18(24)13-22-8-10-23(11-9-22)28(26,27)17-7-6-14(2)12-15(17)3/h6-7,12,16H,5,8-11,13H2,1-4H3,(H,20,25)(H,21,24)/t16-/m1/s1. The summed E-state index contributed by atoms with van der Waals surface area (Å²) >= 11 is 0. The van der Waals surface area contributed by atoms with Crippen LogP contribution in [0.2, 0.25) is 0 Å². The summed E-state index contributed by atoms with van der Waals surface area (Å²) in [4.78, 5) is 26.1. The van der Waals surface area contributed by atoms with Gasteiger partial charge in [0.15, 0.2) is 0 Å². The maximum atomic E-state index is 12.9. The fourth-order valence-electron chi connectivity index (χ4n) is 3.24. The molecule has 2 N–H and O–H groups in total. The second-order valence-corrected chi connectivity index (χ2v) is 9.04. The van der Waals surface area contributed by atoms with Gasteiger partial charge in [0.2, 0.25) is 21.8 Å². The van der Waals surface area contributed by atoms with Crippen molar-refractivity contribution < 1.29 is 18.0 Å². The van der Waals surface area contributed by atoms with Crippen molar-refractivity contribution in [3.8, 4) is 0 Å². The molecular formula is C19H30N4O4S. The van der Waals surface area contributed by atoms with E-state index < -0.39 is 16.1 Å². The molecule has 8 nitrogen and oxygen atoms in total. The van der Waals surface area contributed by atoms with Crippen LogP contribution < -0.4 is 10.6 Å². The lowest BCUT2D eigenvalue weighted by molar-refractivity contribution is -0.129. The molecule has 2 rings (SSSR count). The van der Waals surface area contributed by atoms with Gasteiger partial charge < -0.3 is 10.6 Å². The molecule has 0 saturated carbocycles. The second-order valence-electron chi connectivity index (χ2n) is 7.13. The molecule has 1 saturated heterocycles. The Morgan fingerprint density at radius 2 is 1.79 bits per heavy atom. The van der Waals surface area contributed by atoms with Crippen molar-refractivity contribution >= 4 is 21.8 Å². The summed E-state index contributed by atoms with van der Waals surface area (Å²) in [6.45, 7) is 9.42. The van der Waals surface area contributed by atoms with Gasteiger partial charge >= 0.3 is 0 Å². The largest absolute Gasteiger partial charge is 0.355 e. The molecule has 1 aliphatic rings. The normalized spacial score (nSPS) is 17.1. The molecule has 0 aromatic heterocycles. The van der Waals surface area contributed by atoms with Crippen molar-refractivity contribution in [3.05, 3.63) is 29.3 Å². The van der Waals surface area contributed by atoms with E-state index in [0.717, 1.165) is 11.1 Å². The number of aryl methyl sites for hydroxylation is 2. The Morgan fingerprint density at radius 1 is 1.14 bits per heavy atom. The number of carbonyl (C=O) groups excluding carboxylic acids is 2. The van der Waals surface area contributed by atoms with Gasteiger partial charge in [0.05, 0.1) is 11.4 Å². The molecule has 0 unspecified atom stereocenters. The zero-order chi connectivity index (χ0) is 20.9. The van der Waals surface area contributed by atoms with Crippen molar-refractivity contribution in [2.45, 2.75) is 38.6 Å². The predicted octanol–water partition coefficient (Wildman–Crippen LogP) is 0.251. The number of benzene rings is 1. The first-order chi connectivity index (χ1) is 13.1. The molecule has 9 heteroatoms. The van der Waals surface area contributed by atoms with Crippen LogP contribution >= 0.6 is 0 Å². The molecule has 0 bridgehead atoms. The molecular weight excluding hydrogens is 380 g/mol. The van der Waals surface area contributed by atoms with Gasteiger partial charge in [-0.2, -0.15) is 4.31 Å². The molecule has 1 heterocycles. The minimum absolute atomic E-state index is 0.140. The Balaban J connectivity index is 1.90. The summed E-state index contributed by atoms with van der Waals surface area (Å²) in [5, 5.41) is 5.33. The van der Waals surface area contributed by atoms with Crippen LogP contribution in [0.1, 0.15) is 25.0 Å². The highest BCUT2D eigenvalue weighted by molar-refractivity contribution is 7.89. The second kappa shape index (κ2) is 9.49. The molecule has 0 spiro atoms. The van der Waals surface area contributed by atoms with E-state index in [1.54, 1.807) is 26.0 Å². The average molecular weight is 411 g/mol. The van der Waals surface area contributed by atoms with Crippen LogP contribution in [0.15, 0.2) is 23.1 Å². The summed E-state index contributed by atoms with van der Waals surface area (Å²) in [5.74, 6) is -0.468. The van der Waals surface area contributed by atoms with Crippen LogP contribution in [0.5, 0.6) is 0 Å². The smallest absolute Gasteiger partial charge is 0.243 e. The number of hydrogen-bond donors (Lipinski definition) is 2. The molecule has 1 atom stereocenters. The first kappa shape index (κ1) is 22.3. The van der Waals surface area contributed by atoms with Gasteiger partial charge in [-0.15, -0.1) is 0 Å². The van der Waals surface area contributed by atoms with Gasteiger partial charge in [-0.25, -0.2) is 8.42 Å². The molecule has 1 fully saturated rings. The van der Waals surface area contributed by atoms with Gasteiger partial charge in [-0.1, -0.05) is 17.7 Å². The maximum Gasteiger partial charge on any atom is 0.243 e. The molecule has 156 valence electrons. The van der Waals surface area contributed by atoms with Gasteiger partial charge in [-0.05, 0) is 39.3 Å². The van der Waals surface area contributed by atoms with Gasteiger partial charge in [0, 0.05) is 32.7 Å². The van der Waals surface area contributed by atoms with E-state index >= 15 is 0 Å². The molecule has 0 aliphatic carbocycles. The predicted molar refractivity (Wildman–Crippen MR) is 107 cm³/mol. The number of carbonyl (C=O) groups is 2. The summed E-state index contributed by atoms with van der Waals surface area (Å²) in [7, 11) is -3.54. The summed E-state index contributed by atoms with van der Waals surface area (Å²) in [6, 6.07) is 4.72. The zero-order valence-electron chi connectivity index (χ0n) is 17.0. The maximum absolute atomic E-state index is 12.9. The third kappa shape index (κ3) is 5.52. The lowest BCUT2D eigenvalue weighted by atomic mass is 10.2. The number of likely N-dealkylation sites (N-methyl/N-ethyl adjacent to an activating group) is 1. The van der Waals surface area contributed by atoms with E-state index in [4.69, 9.17) is 0 Å². The van der Waals surface area contributed by atoms with Crippen molar-refractivity contribution in [1.29, 1.82) is 0 Å². The van der Waals surface area contributed by atoms with Crippen LogP contribution in [0, 0.1) is 13.8 Å². The van der Waals surface area contributed by atoms with Crippen molar-refractivity contribution in [2.24, 2.45) is 0 Å². The van der Waals surface area contributed by atoms with Crippen LogP contribution in [-0.2, 0) is 19.6 Å². The van der Waals surface area contributed by atoms with E-state index in [2.05, 4.69) is 10.6 Å². The number of hydrogen-bond acceptors (Lipinski definition) is 5. The van der Waals surface area contributed by atoms with Gasteiger partial charge in [0.1, 0.15) is 6.04 Å². The molecule has 28 heavy (non-hydrogen) atoms. The highest BCUT2D eigenvalue weighted by Gasteiger charge is 2.30. The number of amides is 2. The van der Waals surface area contributed by atoms with Gasteiger partial charge in [-0.3, -0.25) is 14.5 Å². The van der Waals surface area contributed by atoms with Crippen LogP contribution in [-0.4, -0.2) is 74.7 Å². The molecule has 1 aromatic rings. The minimum Gasteiger partial charge on any atom is -0.355 e. The number of sulfonamides is 1. The Kier molecular flexibility index (Phi) is 7.56. The summed E-state index contributed by atoms with van der Waals surface area (Å²) < 4.78 is 27.3. The van der Waals surface area contributed by atoms with Crippen molar-refractivity contribution in [2.75, 3.05) is 39.3 Å². The van der Waals surface area contributed by atoms with E-state index in [0.29, 0.717) is 37.6 Å². The van der Waals surface area contributed by atoms with E-state index in [-0.39, 0.29) is 18.4 Å². The quantitative estimate of drug-likeness (QED) is 0.671. The van der Waals surface area contributed by atoms with Crippen molar-refractivity contribution in [1.82, 2.24) is 19.8 Å². The third-order valence-corrected chi connectivity index (χ3v) is 6.83. The van der Waals surface area contributed by atoms with E-state index in [9.17, 15) is 18.0 Å². The fourth-order valence-corrected chi connectivity index (χ4v) is 4.87. The number of piperazine rings is 1. The number of nitrogens with zero attached hydrogens (tertiary/aromatic N) is 2. The molecule has 2 amide bonds. The highest BCUT2D eigenvalue weighted by atomic mass is 32.2. The SMILES string of the molecule is CCNC(=O)[C@@H](C)NC(=O)CN1CCN(S(=O)(=O)c2ccc(C)cc2C)CC1. The number of rotatable bonds is 7. The van der Waals surface area contributed by atoms with E-state index in [1.807, 2.05) is 24.8 Å². The average Bonchev–Trinajstić information content (AvgIpc) is 2.61. The summed E-state index contributed by atoms with van der Waals surface area (Å²) in [6.07, 6.45) is 0. The lowest BCUT2D eigenvalue weighted by Crippen LogP contribution is -2.53. The van der Waals surface area contributed by atoms with E-state index in [1.165, 1.54) is 4.31 Å². The monoisotopic (exact) mass is 410 g/mol. The van der Waals surface area contributed by atoms with Crippen LogP contribution in [0.3, 0.4) is 0 Å². The Bertz CT molecular complexity index is 817. The Morgan fingerprint density at radius 3 is 2.36 bits per heavy atom.